The maximum atomic E-state index is 11.8. The van der Waals surface area contributed by atoms with Crippen molar-refractivity contribution in [2.75, 3.05) is 6.61 Å². The largest absolute Gasteiger partial charge is 0.394 e. The van der Waals surface area contributed by atoms with Gasteiger partial charge in [0.25, 0.3) is 11.5 Å². The molecule has 7 nitrogen and oxygen atoms in total. The molecule has 0 fully saturated rings. The molecule has 0 saturated heterocycles. The lowest BCUT2D eigenvalue weighted by Crippen LogP contribution is -2.41. The van der Waals surface area contributed by atoms with Crippen LogP contribution in [0.25, 0.3) is 0 Å². The van der Waals surface area contributed by atoms with E-state index < -0.39 is 23.2 Å². The van der Waals surface area contributed by atoms with Gasteiger partial charge < -0.3 is 15.4 Å². The molecule has 0 bridgehead atoms. The summed E-state index contributed by atoms with van der Waals surface area (Å²) < 4.78 is 0. The first kappa shape index (κ1) is 14.2. The SMILES string of the molecule is CC(C)CC(CO)NC(=O)c1c[nH]c(=O)[nH]c1=O. The molecule has 1 rings (SSSR count). The molecule has 4 N–H and O–H groups in total. The number of hydrogen-bond donors (Lipinski definition) is 4. The summed E-state index contributed by atoms with van der Waals surface area (Å²) in [5.74, 6) is -0.316. The zero-order valence-electron chi connectivity index (χ0n) is 10.3. The summed E-state index contributed by atoms with van der Waals surface area (Å²) >= 11 is 0. The Hall–Kier alpha value is -1.89. The second kappa shape index (κ2) is 6.15. The van der Waals surface area contributed by atoms with Crippen molar-refractivity contribution in [1.29, 1.82) is 0 Å². The fourth-order valence-corrected chi connectivity index (χ4v) is 1.59. The maximum absolute atomic E-state index is 11.8. The Balaban J connectivity index is 2.81. The Bertz CT molecular complexity index is 518. The van der Waals surface area contributed by atoms with Crippen molar-refractivity contribution in [3.8, 4) is 0 Å². The van der Waals surface area contributed by atoms with Gasteiger partial charge in [0, 0.05) is 6.20 Å². The van der Waals surface area contributed by atoms with E-state index in [2.05, 4.69) is 10.3 Å². The lowest BCUT2D eigenvalue weighted by Gasteiger charge is -2.17. The van der Waals surface area contributed by atoms with Crippen molar-refractivity contribution >= 4 is 5.91 Å². The molecule has 1 atom stereocenters. The minimum Gasteiger partial charge on any atom is -0.394 e. The predicted molar refractivity (Wildman–Crippen MR) is 65.5 cm³/mol. The second-order valence-electron chi connectivity index (χ2n) is 4.47. The number of carbonyl (C=O) groups is 1. The maximum Gasteiger partial charge on any atom is 0.325 e. The highest BCUT2D eigenvalue weighted by Gasteiger charge is 2.16. The van der Waals surface area contributed by atoms with E-state index in [0.717, 1.165) is 6.20 Å². The number of aliphatic hydroxyl groups excluding tert-OH is 1. The van der Waals surface area contributed by atoms with Gasteiger partial charge in [-0.25, -0.2) is 4.79 Å². The van der Waals surface area contributed by atoms with Crippen molar-refractivity contribution in [2.24, 2.45) is 5.92 Å². The highest BCUT2D eigenvalue weighted by atomic mass is 16.3. The lowest BCUT2D eigenvalue weighted by molar-refractivity contribution is 0.0906. The topological polar surface area (TPSA) is 115 Å². The number of nitrogens with one attached hydrogen (secondary N) is 3. The molecule has 0 radical (unpaired) electrons. The standard InChI is InChI=1S/C11H17N3O4/c1-6(2)3-7(5-15)13-9(16)8-4-12-11(18)14-10(8)17/h4,6-7,15H,3,5H2,1-2H3,(H,13,16)(H2,12,14,17,18). The van der Waals surface area contributed by atoms with Crippen LogP contribution in [0.2, 0.25) is 0 Å². The van der Waals surface area contributed by atoms with Gasteiger partial charge in [0.1, 0.15) is 5.56 Å². The van der Waals surface area contributed by atoms with E-state index in [1.807, 2.05) is 18.8 Å². The van der Waals surface area contributed by atoms with Crippen molar-refractivity contribution < 1.29 is 9.90 Å². The van der Waals surface area contributed by atoms with Gasteiger partial charge in [0.05, 0.1) is 12.6 Å². The molecule has 1 heterocycles. The van der Waals surface area contributed by atoms with Crippen LogP contribution in [0.5, 0.6) is 0 Å². The van der Waals surface area contributed by atoms with Gasteiger partial charge in [0.2, 0.25) is 0 Å². The van der Waals surface area contributed by atoms with E-state index >= 15 is 0 Å². The smallest absolute Gasteiger partial charge is 0.325 e. The summed E-state index contributed by atoms with van der Waals surface area (Å²) in [6.45, 7) is 3.72. The molecule has 100 valence electrons. The van der Waals surface area contributed by atoms with Gasteiger partial charge >= 0.3 is 5.69 Å². The summed E-state index contributed by atoms with van der Waals surface area (Å²) in [6, 6.07) is -0.413. The number of hydrogen-bond acceptors (Lipinski definition) is 4. The number of carbonyl (C=O) groups excluding carboxylic acids is 1. The van der Waals surface area contributed by atoms with Crippen LogP contribution < -0.4 is 16.6 Å². The van der Waals surface area contributed by atoms with Crippen molar-refractivity contribution in [1.82, 2.24) is 15.3 Å². The molecule has 0 aromatic carbocycles. The zero-order chi connectivity index (χ0) is 13.7. The zero-order valence-corrected chi connectivity index (χ0v) is 10.3. The van der Waals surface area contributed by atoms with Crippen molar-refractivity contribution in [3.05, 3.63) is 32.6 Å². The van der Waals surface area contributed by atoms with Gasteiger partial charge in [-0.05, 0) is 12.3 Å². The third-order valence-corrected chi connectivity index (χ3v) is 2.38. The Kier molecular flexibility index (Phi) is 4.85. The molecule has 1 amide bonds. The highest BCUT2D eigenvalue weighted by Crippen LogP contribution is 2.04. The van der Waals surface area contributed by atoms with Gasteiger partial charge in [-0.3, -0.25) is 14.6 Å². The number of aliphatic hydroxyl groups is 1. The second-order valence-corrected chi connectivity index (χ2v) is 4.47. The van der Waals surface area contributed by atoms with E-state index in [0.29, 0.717) is 12.3 Å². The molecule has 0 aliphatic rings. The first-order valence-electron chi connectivity index (χ1n) is 5.67. The quantitative estimate of drug-likeness (QED) is 0.551. The van der Waals surface area contributed by atoms with Gasteiger partial charge in [-0.15, -0.1) is 0 Å². The fraction of sp³-hybridized carbons (Fsp3) is 0.545. The number of amides is 1. The summed E-state index contributed by atoms with van der Waals surface area (Å²) in [6.07, 6.45) is 1.66. The van der Waals surface area contributed by atoms with E-state index in [9.17, 15) is 14.4 Å². The Morgan fingerprint density at radius 3 is 2.61 bits per heavy atom. The molecule has 18 heavy (non-hydrogen) atoms. The van der Waals surface area contributed by atoms with Crippen molar-refractivity contribution in [2.45, 2.75) is 26.3 Å². The van der Waals surface area contributed by atoms with E-state index in [-0.39, 0.29) is 12.2 Å². The number of rotatable bonds is 5. The normalized spacial score (nSPS) is 12.4. The number of H-pyrrole nitrogens is 2. The van der Waals surface area contributed by atoms with Crippen LogP contribution in [0, 0.1) is 5.92 Å². The minimum atomic E-state index is -0.752. The molecule has 7 heteroatoms. The summed E-state index contributed by atoms with van der Waals surface area (Å²) in [7, 11) is 0. The van der Waals surface area contributed by atoms with Gasteiger partial charge in [-0.1, -0.05) is 13.8 Å². The molecule has 1 aromatic rings. The van der Waals surface area contributed by atoms with Gasteiger partial charge in [-0.2, -0.15) is 0 Å². The summed E-state index contributed by atoms with van der Waals surface area (Å²) in [5.41, 5.74) is -1.60. The number of aromatic nitrogens is 2. The molecule has 0 spiro atoms. The van der Waals surface area contributed by atoms with Crippen LogP contribution in [-0.2, 0) is 0 Å². The predicted octanol–water partition coefficient (Wildman–Crippen LogP) is -0.800. The Morgan fingerprint density at radius 1 is 1.44 bits per heavy atom. The minimum absolute atomic E-state index is 0.184. The summed E-state index contributed by atoms with van der Waals surface area (Å²) in [5, 5.41) is 11.7. The average Bonchev–Trinajstić information content (AvgIpc) is 2.27. The molecule has 0 aliphatic carbocycles. The van der Waals surface area contributed by atoms with E-state index in [4.69, 9.17) is 5.11 Å². The van der Waals surface area contributed by atoms with Crippen molar-refractivity contribution in [3.63, 3.8) is 0 Å². The third-order valence-electron chi connectivity index (χ3n) is 2.38. The first-order chi connectivity index (χ1) is 8.43. The molecule has 1 aromatic heterocycles. The van der Waals surface area contributed by atoms with Gasteiger partial charge in [0.15, 0.2) is 0 Å². The molecular weight excluding hydrogens is 238 g/mol. The third kappa shape index (κ3) is 3.85. The van der Waals surface area contributed by atoms with Crippen LogP contribution in [0.3, 0.4) is 0 Å². The molecule has 0 saturated carbocycles. The van der Waals surface area contributed by atoms with Crippen LogP contribution in [0.1, 0.15) is 30.6 Å². The fourth-order valence-electron chi connectivity index (χ4n) is 1.59. The monoisotopic (exact) mass is 255 g/mol. The lowest BCUT2D eigenvalue weighted by atomic mass is 10.0. The van der Waals surface area contributed by atoms with E-state index in [1.165, 1.54) is 0 Å². The Labute approximate surface area is 103 Å². The molecule has 1 unspecified atom stereocenters. The first-order valence-corrected chi connectivity index (χ1v) is 5.67. The molecular formula is C11H17N3O4. The average molecular weight is 255 g/mol. The highest BCUT2D eigenvalue weighted by molar-refractivity contribution is 5.93. The molecule has 0 aliphatic heterocycles. The summed E-state index contributed by atoms with van der Waals surface area (Å²) in [4.78, 5) is 38.1. The van der Waals surface area contributed by atoms with Crippen LogP contribution >= 0.6 is 0 Å². The van der Waals surface area contributed by atoms with Crippen LogP contribution in [0.15, 0.2) is 15.8 Å². The Morgan fingerprint density at radius 2 is 2.11 bits per heavy atom. The van der Waals surface area contributed by atoms with Crippen LogP contribution in [-0.4, -0.2) is 33.6 Å². The van der Waals surface area contributed by atoms with E-state index in [1.54, 1.807) is 0 Å². The van der Waals surface area contributed by atoms with Crippen LogP contribution in [0.4, 0.5) is 0 Å². The number of aromatic amines is 2.